The number of benzene rings is 2. The molecular weight excluding hydrogens is 751 g/mol. The molecule has 0 aliphatic carbocycles. The summed E-state index contributed by atoms with van der Waals surface area (Å²) < 4.78 is 0.622. The molecule has 50 heavy (non-hydrogen) atoms. The lowest BCUT2D eigenvalue weighted by Gasteiger charge is -2.08. The first-order valence-electron chi connectivity index (χ1n) is 14.2. The van der Waals surface area contributed by atoms with Gasteiger partial charge in [-0.3, -0.25) is 29.4 Å². The second kappa shape index (κ2) is 17.2. The fourth-order valence-corrected chi connectivity index (χ4v) is 5.73. The predicted octanol–water partition coefficient (Wildman–Crippen LogP) is 2.85. The molecule has 6 rings (SSSR count). The molecule has 20 heteroatoms. The van der Waals surface area contributed by atoms with Crippen molar-refractivity contribution in [1.29, 1.82) is 0 Å². The summed E-state index contributed by atoms with van der Waals surface area (Å²) in [6.45, 7) is 3.72. The van der Waals surface area contributed by atoms with Gasteiger partial charge in [0.05, 0.1) is 28.7 Å². The van der Waals surface area contributed by atoms with Crippen molar-refractivity contribution in [2.24, 2.45) is 11.5 Å². The van der Waals surface area contributed by atoms with E-state index < -0.39 is 24.8 Å². The van der Waals surface area contributed by atoms with Crippen molar-refractivity contribution in [3.63, 3.8) is 0 Å². The molecule has 0 radical (unpaired) electrons. The number of hydrogen-bond acceptors (Lipinski definition) is 12. The van der Waals surface area contributed by atoms with Gasteiger partial charge in [-0.05, 0) is 65.2 Å². The Morgan fingerprint density at radius 1 is 0.780 bits per heavy atom. The van der Waals surface area contributed by atoms with Gasteiger partial charge in [-0.25, -0.2) is 9.97 Å². The van der Waals surface area contributed by atoms with Gasteiger partial charge >= 0.3 is 7.12 Å². The van der Waals surface area contributed by atoms with Gasteiger partial charge < -0.3 is 32.1 Å². The van der Waals surface area contributed by atoms with Gasteiger partial charge in [-0.2, -0.15) is 10.2 Å². The number of primary amides is 2. The first-order valence-corrected chi connectivity index (χ1v) is 16.7. The maximum Gasteiger partial charge on any atom is 0.491 e. The van der Waals surface area contributed by atoms with Crippen molar-refractivity contribution < 1.29 is 29.2 Å². The third-order valence-electron chi connectivity index (χ3n) is 6.39. The monoisotopic (exact) mass is 778 g/mol. The molecule has 0 unspecified atom stereocenters. The number of nitrogens with one attached hydrogen (secondary N) is 4. The standard InChI is InChI=1S/C15H13N5O2S.C12H10BrN3O2S.C3H5BN2O2/c1-8-2-3-10(13(16)21)11(4-8)19-14(22)12-7-23-15(20-12)9-5-17-18-6-9;1-6-2-3-7(10(14)17)8(4-6)15-11(18)9-5-19-12(13)16-9;7-4(8)3-1-5-6-2-3/h2-7H,1H3,(H2,16,21)(H,17,18)(H,19,22);2-5H,1H3,(H2,14,17)(H,15,18);1-2,7-8H,(H,5,6). The van der Waals surface area contributed by atoms with Crippen molar-refractivity contribution in [2.75, 3.05) is 10.6 Å². The molecule has 0 fully saturated rings. The number of aromatic nitrogens is 6. The summed E-state index contributed by atoms with van der Waals surface area (Å²) in [5.74, 6) is -1.97. The van der Waals surface area contributed by atoms with Crippen molar-refractivity contribution in [1.82, 2.24) is 30.4 Å². The molecule has 0 aliphatic heterocycles. The van der Waals surface area contributed by atoms with Gasteiger partial charge in [-0.1, -0.05) is 12.1 Å². The highest BCUT2D eigenvalue weighted by molar-refractivity contribution is 9.11. The highest BCUT2D eigenvalue weighted by Crippen LogP contribution is 2.24. The van der Waals surface area contributed by atoms with E-state index in [1.807, 2.05) is 13.8 Å². The molecule has 0 saturated heterocycles. The van der Waals surface area contributed by atoms with E-state index in [2.05, 4.69) is 56.9 Å². The number of nitrogens with zero attached hydrogens (tertiary/aromatic N) is 4. The lowest BCUT2D eigenvalue weighted by molar-refractivity contribution is 0.0989. The van der Waals surface area contributed by atoms with E-state index in [0.29, 0.717) is 25.8 Å². The number of carbonyl (C=O) groups is 4. The van der Waals surface area contributed by atoms with Crippen molar-refractivity contribution in [2.45, 2.75) is 13.8 Å². The molecule has 16 nitrogen and oxygen atoms in total. The van der Waals surface area contributed by atoms with Crippen LogP contribution in [-0.4, -0.2) is 71.2 Å². The summed E-state index contributed by atoms with van der Waals surface area (Å²) in [5.41, 5.74) is 15.5. The number of thiazole rings is 2. The first kappa shape index (κ1) is 37.3. The van der Waals surface area contributed by atoms with Crippen LogP contribution in [-0.2, 0) is 0 Å². The topological polar surface area (TPSA) is 268 Å². The number of halogens is 1. The van der Waals surface area contributed by atoms with Crippen LogP contribution < -0.4 is 27.6 Å². The predicted molar refractivity (Wildman–Crippen MR) is 193 cm³/mol. The minimum atomic E-state index is -1.41. The second-order valence-electron chi connectivity index (χ2n) is 10.2. The van der Waals surface area contributed by atoms with Gasteiger partial charge in [0, 0.05) is 40.4 Å². The number of amides is 4. The van der Waals surface area contributed by atoms with Crippen LogP contribution in [0.25, 0.3) is 10.6 Å². The minimum absolute atomic E-state index is 0.259. The molecule has 6 aromatic rings. The van der Waals surface area contributed by atoms with Crippen LogP contribution >= 0.6 is 38.6 Å². The second-order valence-corrected chi connectivity index (χ2v) is 13.1. The summed E-state index contributed by atoms with van der Waals surface area (Å²) in [6, 6.07) is 10.1. The molecule has 0 spiro atoms. The third-order valence-corrected chi connectivity index (χ3v) is 8.64. The van der Waals surface area contributed by atoms with E-state index in [1.165, 1.54) is 35.1 Å². The van der Waals surface area contributed by atoms with E-state index in [-0.39, 0.29) is 28.4 Å². The Balaban J connectivity index is 0.000000187. The molecule has 2 aromatic carbocycles. The van der Waals surface area contributed by atoms with E-state index >= 15 is 0 Å². The first-order chi connectivity index (χ1) is 23.8. The maximum atomic E-state index is 12.3. The summed E-state index contributed by atoms with van der Waals surface area (Å²) in [5, 5.41) is 38.6. The Kier molecular flexibility index (Phi) is 12.8. The lowest BCUT2D eigenvalue weighted by Crippen LogP contribution is -2.28. The SMILES string of the molecule is Cc1ccc(C(N)=O)c(NC(=O)c2csc(-c3cn[nH]c3)n2)c1.Cc1ccc(C(N)=O)c(NC(=O)c2csc(Br)n2)c1.OB(O)c1cn[nH]c1. The molecule has 256 valence electrons. The van der Waals surface area contributed by atoms with Crippen LogP contribution in [0.3, 0.4) is 0 Å². The highest BCUT2D eigenvalue weighted by Gasteiger charge is 2.17. The molecule has 0 aliphatic rings. The Morgan fingerprint density at radius 2 is 1.30 bits per heavy atom. The molecular formula is C30H28BBrN10O6S2. The summed E-state index contributed by atoms with van der Waals surface area (Å²) in [7, 11) is -1.41. The summed E-state index contributed by atoms with van der Waals surface area (Å²) >= 11 is 5.83. The number of carbonyl (C=O) groups excluding carboxylic acids is 4. The van der Waals surface area contributed by atoms with Crippen LogP contribution in [0.15, 0.2) is 75.9 Å². The van der Waals surface area contributed by atoms with Crippen molar-refractivity contribution in [3.05, 3.63) is 110 Å². The normalized spacial score (nSPS) is 10.2. The summed E-state index contributed by atoms with van der Waals surface area (Å²) in [4.78, 5) is 55.4. The van der Waals surface area contributed by atoms with E-state index in [0.717, 1.165) is 16.7 Å². The average Bonchev–Trinajstić information content (AvgIpc) is 3.89. The molecule has 0 atom stereocenters. The Hall–Kier alpha value is -5.54. The fraction of sp³-hybridized carbons (Fsp3) is 0.0667. The number of aromatic amines is 2. The van der Waals surface area contributed by atoms with E-state index in [4.69, 9.17) is 21.5 Å². The van der Waals surface area contributed by atoms with Gasteiger partial charge in [0.25, 0.3) is 23.6 Å². The molecule has 0 bridgehead atoms. The quantitative estimate of drug-likeness (QED) is 0.105. The average molecular weight is 779 g/mol. The van der Waals surface area contributed by atoms with Crippen molar-refractivity contribution in [3.8, 4) is 10.6 Å². The zero-order valence-corrected chi connectivity index (χ0v) is 29.4. The Labute approximate surface area is 300 Å². The van der Waals surface area contributed by atoms with E-state index in [9.17, 15) is 19.2 Å². The Bertz CT molecular complexity index is 2100. The van der Waals surface area contributed by atoms with Crippen LogP contribution in [0.2, 0.25) is 0 Å². The smallest absolute Gasteiger partial charge is 0.423 e. The number of aryl methyl sites for hydroxylation is 2. The lowest BCUT2D eigenvalue weighted by atomic mass is 9.83. The summed E-state index contributed by atoms with van der Waals surface area (Å²) in [6.07, 6.45) is 6.11. The molecule has 10 N–H and O–H groups in total. The van der Waals surface area contributed by atoms with E-state index in [1.54, 1.807) is 59.6 Å². The van der Waals surface area contributed by atoms with Gasteiger partial charge in [0.2, 0.25) is 0 Å². The number of H-pyrrole nitrogens is 2. The maximum absolute atomic E-state index is 12.3. The minimum Gasteiger partial charge on any atom is -0.423 e. The van der Waals surface area contributed by atoms with Crippen LogP contribution in [0.4, 0.5) is 11.4 Å². The van der Waals surface area contributed by atoms with Gasteiger partial charge in [0.15, 0.2) is 3.92 Å². The molecule has 0 saturated carbocycles. The zero-order valence-electron chi connectivity index (χ0n) is 26.2. The van der Waals surface area contributed by atoms with Crippen molar-refractivity contribution >= 4 is 86.2 Å². The largest absolute Gasteiger partial charge is 0.491 e. The highest BCUT2D eigenvalue weighted by atomic mass is 79.9. The van der Waals surface area contributed by atoms with Crippen LogP contribution in [0.5, 0.6) is 0 Å². The number of nitrogens with two attached hydrogens (primary N) is 2. The number of hydrogen-bond donors (Lipinski definition) is 8. The van der Waals surface area contributed by atoms with Crippen LogP contribution in [0.1, 0.15) is 52.8 Å². The van der Waals surface area contributed by atoms with Crippen LogP contribution in [0, 0.1) is 13.8 Å². The Morgan fingerprint density at radius 3 is 1.72 bits per heavy atom. The van der Waals surface area contributed by atoms with Gasteiger partial charge in [0.1, 0.15) is 16.4 Å². The third kappa shape index (κ3) is 10.2. The molecule has 4 heterocycles. The van der Waals surface area contributed by atoms with Gasteiger partial charge in [-0.15, -0.1) is 22.7 Å². The molecule has 4 amide bonds. The number of rotatable bonds is 8. The number of anilines is 2. The zero-order chi connectivity index (χ0) is 36.4. The fourth-order valence-electron chi connectivity index (χ4n) is 3.96. The molecule has 4 aromatic heterocycles.